The molecule has 1 N–H and O–H groups in total. The Morgan fingerprint density at radius 2 is 1.74 bits per heavy atom. The van der Waals surface area contributed by atoms with Crippen molar-refractivity contribution in [3.8, 4) is 0 Å². The lowest BCUT2D eigenvalue weighted by Gasteiger charge is -2.38. The molecule has 3 atom stereocenters. The van der Waals surface area contributed by atoms with E-state index >= 15 is 0 Å². The number of benzene rings is 3. The first-order valence-corrected chi connectivity index (χ1v) is 16.0. The number of nitrogens with zero attached hydrogens (tertiary/aromatic N) is 2. The molecule has 0 saturated heterocycles. The van der Waals surface area contributed by atoms with Gasteiger partial charge < -0.3 is 9.88 Å². The molecule has 6 heteroatoms. The van der Waals surface area contributed by atoms with E-state index < -0.39 is 10.0 Å². The summed E-state index contributed by atoms with van der Waals surface area (Å²) in [5, 5.41) is 6.43. The molecule has 1 aliphatic heterocycles. The van der Waals surface area contributed by atoms with Crippen molar-refractivity contribution in [2.45, 2.75) is 74.9 Å². The molecule has 4 aromatic rings. The normalized spacial score (nSPS) is 23.3. The maximum absolute atomic E-state index is 13.6. The third-order valence-corrected chi connectivity index (χ3v) is 11.5. The number of para-hydroxylation sites is 1. The Labute approximate surface area is 231 Å². The summed E-state index contributed by atoms with van der Waals surface area (Å²) in [6.07, 6.45) is 10.9. The van der Waals surface area contributed by atoms with Crippen LogP contribution in [0.3, 0.4) is 0 Å². The summed E-state index contributed by atoms with van der Waals surface area (Å²) < 4.78 is 31.3. The molecule has 2 aliphatic carbocycles. The van der Waals surface area contributed by atoms with Crippen LogP contribution >= 0.6 is 0 Å². The maximum Gasteiger partial charge on any atom is 0.243 e. The van der Waals surface area contributed by atoms with Gasteiger partial charge in [0.25, 0.3) is 0 Å². The second-order valence-electron chi connectivity index (χ2n) is 11.6. The van der Waals surface area contributed by atoms with Gasteiger partial charge in [-0.25, -0.2) is 8.42 Å². The Hall–Kier alpha value is -3.09. The Morgan fingerprint density at radius 1 is 0.949 bits per heavy atom. The van der Waals surface area contributed by atoms with Crippen LogP contribution in [0.1, 0.15) is 68.5 Å². The number of sulfonamides is 1. The monoisotopic (exact) mass is 539 g/mol. The number of anilines is 1. The van der Waals surface area contributed by atoms with Crippen LogP contribution < -0.4 is 5.32 Å². The van der Waals surface area contributed by atoms with Crippen molar-refractivity contribution in [3.05, 3.63) is 83.9 Å². The van der Waals surface area contributed by atoms with Gasteiger partial charge in [0, 0.05) is 53.0 Å². The van der Waals surface area contributed by atoms with Crippen molar-refractivity contribution in [1.29, 1.82) is 0 Å². The first-order valence-electron chi connectivity index (χ1n) is 14.5. The van der Waals surface area contributed by atoms with E-state index in [2.05, 4.69) is 71.4 Å². The standard InChI is InChI=1S/C33H37N3O2S/c1-3-36-31-15-8-7-12-26(31)29-20-22(16-19-32(29)36)33-27-14-9-13-25(27)28-21-24(17-18-30(28)34-33)39(37,38)35(2)23-10-5-4-6-11-23/h7-9,12-13,15-21,23,25,27,33-34H,3-6,10-11,14H2,1-2H3. The molecule has 1 saturated carbocycles. The predicted molar refractivity (Wildman–Crippen MR) is 160 cm³/mol. The molecule has 0 bridgehead atoms. The minimum absolute atomic E-state index is 0.106. The average molecular weight is 540 g/mol. The van der Waals surface area contributed by atoms with E-state index in [1.54, 1.807) is 17.4 Å². The van der Waals surface area contributed by atoms with Crippen LogP contribution in [0.15, 0.2) is 77.7 Å². The van der Waals surface area contributed by atoms with Crippen molar-refractivity contribution in [3.63, 3.8) is 0 Å². The topological polar surface area (TPSA) is 54.3 Å². The Bertz CT molecular complexity index is 1700. The number of rotatable bonds is 5. The lowest BCUT2D eigenvalue weighted by Crippen LogP contribution is -2.38. The molecule has 5 nitrogen and oxygen atoms in total. The summed E-state index contributed by atoms with van der Waals surface area (Å²) in [6, 6.07) is 21.6. The maximum atomic E-state index is 13.6. The molecule has 0 spiro atoms. The fourth-order valence-electron chi connectivity index (χ4n) is 7.48. The third kappa shape index (κ3) is 3.94. The van der Waals surface area contributed by atoms with E-state index in [0.717, 1.165) is 49.9 Å². The van der Waals surface area contributed by atoms with Gasteiger partial charge in [-0.3, -0.25) is 0 Å². The fraction of sp³-hybridized carbons (Fsp3) is 0.394. The van der Waals surface area contributed by atoms with Gasteiger partial charge in [0.15, 0.2) is 0 Å². The molecule has 3 aliphatic rings. The number of nitrogens with one attached hydrogen (secondary N) is 1. The Morgan fingerprint density at radius 3 is 2.56 bits per heavy atom. The van der Waals surface area contributed by atoms with Gasteiger partial charge in [0.2, 0.25) is 10.0 Å². The largest absolute Gasteiger partial charge is 0.378 e. The van der Waals surface area contributed by atoms with E-state index in [9.17, 15) is 8.42 Å². The number of hydrogen-bond donors (Lipinski definition) is 1. The smallest absolute Gasteiger partial charge is 0.243 e. The highest BCUT2D eigenvalue weighted by Crippen LogP contribution is 2.51. The third-order valence-electron chi connectivity index (χ3n) is 9.57. The van der Waals surface area contributed by atoms with E-state index in [1.807, 2.05) is 12.1 Å². The highest BCUT2D eigenvalue weighted by Gasteiger charge is 2.39. The van der Waals surface area contributed by atoms with Gasteiger partial charge >= 0.3 is 0 Å². The van der Waals surface area contributed by atoms with Gasteiger partial charge in [0.05, 0.1) is 10.9 Å². The molecule has 3 unspecified atom stereocenters. The molecule has 1 aromatic heterocycles. The lowest BCUT2D eigenvalue weighted by molar-refractivity contribution is 0.286. The minimum Gasteiger partial charge on any atom is -0.378 e. The van der Waals surface area contributed by atoms with Crippen LogP contribution in [-0.4, -0.2) is 30.4 Å². The number of hydrogen-bond acceptors (Lipinski definition) is 3. The quantitative estimate of drug-likeness (QED) is 0.266. The molecule has 0 amide bonds. The van der Waals surface area contributed by atoms with Gasteiger partial charge in [-0.2, -0.15) is 4.31 Å². The molecule has 0 radical (unpaired) electrons. The lowest BCUT2D eigenvalue weighted by atomic mass is 9.77. The average Bonchev–Trinajstić information content (AvgIpc) is 3.59. The molecular weight excluding hydrogens is 502 g/mol. The van der Waals surface area contributed by atoms with Crippen molar-refractivity contribution in [2.24, 2.45) is 5.92 Å². The van der Waals surface area contributed by atoms with Gasteiger partial charge in [-0.1, -0.05) is 55.7 Å². The Balaban J connectivity index is 1.26. The zero-order chi connectivity index (χ0) is 26.7. The van der Waals surface area contributed by atoms with Crippen molar-refractivity contribution < 1.29 is 8.42 Å². The second kappa shape index (κ2) is 9.53. The number of aromatic nitrogens is 1. The molecule has 3 aromatic carbocycles. The van der Waals surface area contributed by atoms with E-state index in [1.165, 1.54) is 33.8 Å². The van der Waals surface area contributed by atoms with Gasteiger partial charge in [0.1, 0.15) is 0 Å². The predicted octanol–water partition coefficient (Wildman–Crippen LogP) is 7.59. The van der Waals surface area contributed by atoms with Crippen LogP contribution in [0.2, 0.25) is 0 Å². The molecule has 39 heavy (non-hydrogen) atoms. The van der Waals surface area contributed by atoms with Crippen LogP contribution in [0.5, 0.6) is 0 Å². The highest BCUT2D eigenvalue weighted by molar-refractivity contribution is 7.89. The van der Waals surface area contributed by atoms with Crippen LogP contribution in [-0.2, 0) is 16.6 Å². The highest BCUT2D eigenvalue weighted by atomic mass is 32.2. The molecule has 1 fully saturated rings. The van der Waals surface area contributed by atoms with E-state index in [0.29, 0.717) is 10.8 Å². The molecule has 2 heterocycles. The van der Waals surface area contributed by atoms with Crippen LogP contribution in [0.4, 0.5) is 5.69 Å². The van der Waals surface area contributed by atoms with Crippen molar-refractivity contribution in [1.82, 2.24) is 8.87 Å². The molecular formula is C33H37N3O2S. The summed E-state index contributed by atoms with van der Waals surface area (Å²) in [4.78, 5) is 0.419. The number of aryl methyl sites for hydroxylation is 1. The first-order chi connectivity index (χ1) is 19.0. The van der Waals surface area contributed by atoms with E-state index in [4.69, 9.17) is 0 Å². The van der Waals surface area contributed by atoms with Crippen LogP contribution in [0, 0.1) is 5.92 Å². The second-order valence-corrected chi connectivity index (χ2v) is 13.6. The Kier molecular flexibility index (Phi) is 6.09. The zero-order valence-electron chi connectivity index (χ0n) is 22.8. The summed E-state index contributed by atoms with van der Waals surface area (Å²) in [6.45, 7) is 3.14. The SMILES string of the molecule is CCn1c2ccccc2c2cc(C3Nc4ccc(S(=O)(=O)N(C)C5CCCCC5)cc4C4C=CCC43)ccc21. The summed E-state index contributed by atoms with van der Waals surface area (Å²) in [5.74, 6) is 0.553. The number of fused-ring (bicyclic) bond motifs is 6. The van der Waals surface area contributed by atoms with Crippen LogP contribution in [0.25, 0.3) is 21.8 Å². The van der Waals surface area contributed by atoms with Gasteiger partial charge in [-0.15, -0.1) is 0 Å². The first kappa shape index (κ1) is 24.9. The van der Waals surface area contributed by atoms with Gasteiger partial charge in [-0.05, 0) is 79.6 Å². The molecule has 202 valence electrons. The van der Waals surface area contributed by atoms with Crippen molar-refractivity contribution >= 4 is 37.5 Å². The number of allylic oxidation sites excluding steroid dienone is 2. The fourth-order valence-corrected chi connectivity index (χ4v) is 8.93. The zero-order valence-corrected chi connectivity index (χ0v) is 23.6. The van der Waals surface area contributed by atoms with Crippen molar-refractivity contribution in [2.75, 3.05) is 12.4 Å². The summed E-state index contributed by atoms with van der Waals surface area (Å²) >= 11 is 0. The minimum atomic E-state index is -3.53. The molecule has 7 rings (SSSR count). The summed E-state index contributed by atoms with van der Waals surface area (Å²) in [5.41, 5.74) is 5.99. The van der Waals surface area contributed by atoms with E-state index in [-0.39, 0.29) is 18.0 Å². The summed E-state index contributed by atoms with van der Waals surface area (Å²) in [7, 11) is -1.77.